The number of carbonyl (C=O) groups is 1. The third kappa shape index (κ3) is 3.22. The molecule has 0 amide bonds. The standard InChI is InChI=1S/C25H22N2O5/c1-30-22-12-17(18(25(28)29)13-23(22)31-2)24-27-20(16-10-6-7-11-21(16)32-24)14-19(26-27)15-8-4-3-5-9-15/h3-13,20,24H,14H2,1-2H3,(H,28,29)/t20-,24-/m1/s1. The molecule has 162 valence electrons. The number of hydrogen-bond acceptors (Lipinski definition) is 6. The fraction of sp³-hybridized carbons (Fsp3) is 0.200. The van der Waals surface area contributed by atoms with E-state index in [1.54, 1.807) is 6.07 Å². The Labute approximate surface area is 185 Å². The van der Waals surface area contributed by atoms with Crippen molar-refractivity contribution < 1.29 is 24.1 Å². The molecule has 0 aliphatic carbocycles. The molecule has 2 aliphatic rings. The van der Waals surface area contributed by atoms with E-state index in [0.29, 0.717) is 23.5 Å². The molecule has 7 nitrogen and oxygen atoms in total. The number of fused-ring (bicyclic) bond motifs is 3. The summed E-state index contributed by atoms with van der Waals surface area (Å²) < 4.78 is 17.1. The number of methoxy groups -OCH3 is 2. The monoisotopic (exact) mass is 430 g/mol. The highest BCUT2D eigenvalue weighted by atomic mass is 16.5. The van der Waals surface area contributed by atoms with E-state index in [4.69, 9.17) is 19.3 Å². The van der Waals surface area contributed by atoms with E-state index >= 15 is 0 Å². The number of nitrogens with zero attached hydrogens (tertiary/aromatic N) is 2. The number of rotatable bonds is 5. The van der Waals surface area contributed by atoms with Crippen LogP contribution in [0.3, 0.4) is 0 Å². The first-order valence-electron chi connectivity index (χ1n) is 10.3. The van der Waals surface area contributed by atoms with E-state index < -0.39 is 12.2 Å². The highest BCUT2D eigenvalue weighted by molar-refractivity contribution is 6.02. The molecular weight excluding hydrogens is 408 g/mol. The number of benzene rings is 3. The first-order valence-corrected chi connectivity index (χ1v) is 10.3. The first-order chi connectivity index (χ1) is 15.6. The van der Waals surface area contributed by atoms with Crippen molar-refractivity contribution in [1.29, 1.82) is 0 Å². The van der Waals surface area contributed by atoms with Crippen molar-refractivity contribution in [3.05, 3.63) is 89.0 Å². The van der Waals surface area contributed by atoms with Crippen molar-refractivity contribution in [3.63, 3.8) is 0 Å². The van der Waals surface area contributed by atoms with Gasteiger partial charge in [-0.1, -0.05) is 48.5 Å². The van der Waals surface area contributed by atoms with Gasteiger partial charge in [0.15, 0.2) is 11.5 Å². The van der Waals surface area contributed by atoms with Gasteiger partial charge < -0.3 is 19.3 Å². The molecule has 0 saturated heterocycles. The highest BCUT2D eigenvalue weighted by Gasteiger charge is 2.42. The fourth-order valence-electron chi connectivity index (χ4n) is 4.33. The summed E-state index contributed by atoms with van der Waals surface area (Å²) in [6, 6.07) is 20.8. The van der Waals surface area contributed by atoms with Crippen LogP contribution in [-0.4, -0.2) is 36.0 Å². The summed E-state index contributed by atoms with van der Waals surface area (Å²) in [4.78, 5) is 12.1. The number of hydrogen-bond donors (Lipinski definition) is 1. The molecule has 0 radical (unpaired) electrons. The van der Waals surface area contributed by atoms with Crippen LogP contribution < -0.4 is 14.2 Å². The zero-order valence-electron chi connectivity index (χ0n) is 17.7. The van der Waals surface area contributed by atoms with E-state index in [2.05, 4.69) is 0 Å². The Morgan fingerprint density at radius 1 is 1.00 bits per heavy atom. The Balaban J connectivity index is 1.67. The summed E-state index contributed by atoms with van der Waals surface area (Å²) in [7, 11) is 2.99. The molecule has 0 fully saturated rings. The second kappa shape index (κ2) is 7.92. The van der Waals surface area contributed by atoms with Gasteiger partial charge in [0.2, 0.25) is 6.23 Å². The molecule has 2 atom stereocenters. The predicted molar refractivity (Wildman–Crippen MR) is 118 cm³/mol. The lowest BCUT2D eigenvalue weighted by Crippen LogP contribution is -2.34. The van der Waals surface area contributed by atoms with Gasteiger partial charge in [-0.2, -0.15) is 5.10 Å². The normalized spacial score (nSPS) is 18.8. The molecule has 0 spiro atoms. The second-order valence-electron chi connectivity index (χ2n) is 7.62. The van der Waals surface area contributed by atoms with Crippen LogP contribution >= 0.6 is 0 Å². The van der Waals surface area contributed by atoms with Crippen molar-refractivity contribution in [2.75, 3.05) is 14.2 Å². The van der Waals surface area contributed by atoms with Crippen LogP contribution in [0.25, 0.3) is 0 Å². The molecule has 0 unspecified atom stereocenters. The molecule has 3 aromatic carbocycles. The maximum Gasteiger partial charge on any atom is 0.336 e. The van der Waals surface area contributed by atoms with E-state index in [-0.39, 0.29) is 11.6 Å². The third-order valence-corrected chi connectivity index (χ3v) is 5.86. The summed E-state index contributed by atoms with van der Waals surface area (Å²) in [5.74, 6) is 0.412. The lowest BCUT2D eigenvalue weighted by atomic mass is 9.95. The van der Waals surface area contributed by atoms with Crippen LogP contribution in [-0.2, 0) is 0 Å². The SMILES string of the molecule is COc1cc(C(=O)O)c([C@H]2Oc3ccccc3[C@H]3CC(c4ccccc4)=NN32)cc1OC. The minimum Gasteiger partial charge on any atom is -0.493 e. The number of aromatic carboxylic acids is 1. The Hall–Kier alpha value is -4.00. The number of ether oxygens (including phenoxy) is 3. The maximum atomic E-state index is 12.1. The Morgan fingerprint density at radius 3 is 2.41 bits per heavy atom. The molecule has 0 aromatic heterocycles. The Morgan fingerprint density at radius 2 is 1.69 bits per heavy atom. The largest absolute Gasteiger partial charge is 0.493 e. The molecule has 2 aliphatic heterocycles. The maximum absolute atomic E-state index is 12.1. The minimum absolute atomic E-state index is 0.0742. The van der Waals surface area contributed by atoms with Gasteiger partial charge in [0.05, 0.1) is 31.5 Å². The van der Waals surface area contributed by atoms with Gasteiger partial charge in [0, 0.05) is 17.5 Å². The lowest BCUT2D eigenvalue weighted by Gasteiger charge is -2.38. The van der Waals surface area contributed by atoms with Gasteiger partial charge in [-0.25, -0.2) is 9.80 Å². The summed E-state index contributed by atoms with van der Waals surface area (Å²) >= 11 is 0. The number of para-hydroxylation sites is 1. The topological polar surface area (TPSA) is 80.6 Å². The zero-order chi connectivity index (χ0) is 22.2. The fourth-order valence-corrected chi connectivity index (χ4v) is 4.33. The highest BCUT2D eigenvalue weighted by Crippen LogP contribution is 2.49. The Bertz CT molecular complexity index is 1210. The molecule has 0 saturated carbocycles. The predicted octanol–water partition coefficient (Wildman–Crippen LogP) is 4.64. The summed E-state index contributed by atoms with van der Waals surface area (Å²) in [5.41, 5.74) is 3.51. The van der Waals surface area contributed by atoms with Crippen molar-refractivity contribution in [2.24, 2.45) is 5.10 Å². The van der Waals surface area contributed by atoms with Crippen molar-refractivity contribution in [2.45, 2.75) is 18.7 Å². The van der Waals surface area contributed by atoms with E-state index in [9.17, 15) is 9.90 Å². The van der Waals surface area contributed by atoms with Gasteiger partial charge in [0.25, 0.3) is 0 Å². The van der Waals surface area contributed by atoms with Crippen molar-refractivity contribution in [1.82, 2.24) is 5.01 Å². The summed E-state index contributed by atoms with van der Waals surface area (Å²) in [6.07, 6.45) is -0.0432. The summed E-state index contributed by atoms with van der Waals surface area (Å²) in [5, 5.41) is 16.7. The zero-order valence-corrected chi connectivity index (χ0v) is 17.7. The van der Waals surface area contributed by atoms with Crippen LogP contribution in [0.1, 0.15) is 45.7 Å². The van der Waals surface area contributed by atoms with Gasteiger partial charge in [0.1, 0.15) is 5.75 Å². The molecule has 1 N–H and O–H groups in total. The van der Waals surface area contributed by atoms with Crippen LogP contribution in [0.15, 0.2) is 71.8 Å². The van der Waals surface area contributed by atoms with Gasteiger partial charge in [-0.05, 0) is 23.8 Å². The molecule has 7 heteroatoms. The smallest absolute Gasteiger partial charge is 0.336 e. The van der Waals surface area contributed by atoms with E-state index in [0.717, 1.165) is 22.6 Å². The molecule has 2 heterocycles. The lowest BCUT2D eigenvalue weighted by molar-refractivity contribution is -0.0199. The first kappa shape index (κ1) is 19.9. The van der Waals surface area contributed by atoms with Crippen molar-refractivity contribution >= 4 is 11.7 Å². The molecule has 0 bridgehead atoms. The van der Waals surface area contributed by atoms with Crippen LogP contribution in [0.4, 0.5) is 0 Å². The molecule has 32 heavy (non-hydrogen) atoms. The quantitative estimate of drug-likeness (QED) is 0.635. The van der Waals surface area contributed by atoms with Gasteiger partial charge in [-0.15, -0.1) is 0 Å². The van der Waals surface area contributed by atoms with Gasteiger partial charge in [-0.3, -0.25) is 0 Å². The number of carboxylic acid groups (broad SMARTS) is 1. The van der Waals surface area contributed by atoms with E-state index in [1.165, 1.54) is 20.3 Å². The number of carboxylic acids is 1. The molecule has 3 aromatic rings. The average Bonchev–Trinajstić information content (AvgIpc) is 3.29. The van der Waals surface area contributed by atoms with Crippen LogP contribution in [0.5, 0.6) is 17.2 Å². The molecular formula is C25H22N2O5. The van der Waals surface area contributed by atoms with Crippen LogP contribution in [0.2, 0.25) is 0 Å². The number of hydrazone groups is 1. The molecule has 5 rings (SSSR count). The second-order valence-corrected chi connectivity index (χ2v) is 7.62. The minimum atomic E-state index is -1.08. The van der Waals surface area contributed by atoms with Gasteiger partial charge >= 0.3 is 5.97 Å². The van der Waals surface area contributed by atoms with E-state index in [1.807, 2.05) is 59.6 Å². The van der Waals surface area contributed by atoms with Crippen molar-refractivity contribution in [3.8, 4) is 17.2 Å². The Kier molecular flexibility index (Phi) is 4.93. The third-order valence-electron chi connectivity index (χ3n) is 5.86. The van der Waals surface area contributed by atoms with Crippen LogP contribution in [0, 0.1) is 0 Å². The summed E-state index contributed by atoms with van der Waals surface area (Å²) in [6.45, 7) is 0. The average molecular weight is 430 g/mol.